The van der Waals surface area contributed by atoms with Crippen molar-refractivity contribution in [2.24, 2.45) is 12.0 Å². The van der Waals surface area contributed by atoms with Crippen molar-refractivity contribution in [2.75, 3.05) is 33.4 Å². The van der Waals surface area contributed by atoms with Gasteiger partial charge >= 0.3 is 0 Å². The number of aromatic nitrogens is 2. The van der Waals surface area contributed by atoms with Gasteiger partial charge in [0.15, 0.2) is 17.5 Å². The van der Waals surface area contributed by atoms with Crippen LogP contribution in [-0.2, 0) is 19.9 Å². The smallest absolute Gasteiger partial charge is 0.190 e. The molecule has 0 saturated heterocycles. The van der Waals surface area contributed by atoms with Crippen molar-refractivity contribution in [3.8, 4) is 11.5 Å². The number of aryl methyl sites for hydroxylation is 1. The molecule has 156 valence electrons. The fourth-order valence-corrected chi connectivity index (χ4v) is 2.72. The minimum absolute atomic E-state index is 0. The predicted octanol–water partition coefficient (Wildman–Crippen LogP) is 2.79. The SMILES string of the molecule is CCOc1ccc(CCNC(=NC)NCCc2cnn(C)c2)cc1OCC.I. The van der Waals surface area contributed by atoms with Crippen LogP contribution in [0, 0.1) is 0 Å². The molecule has 0 radical (unpaired) electrons. The highest BCUT2D eigenvalue weighted by Crippen LogP contribution is 2.28. The van der Waals surface area contributed by atoms with E-state index in [0.717, 1.165) is 43.4 Å². The second-order valence-corrected chi connectivity index (χ2v) is 6.10. The summed E-state index contributed by atoms with van der Waals surface area (Å²) in [5.74, 6) is 2.40. The van der Waals surface area contributed by atoms with Crippen molar-refractivity contribution in [1.82, 2.24) is 20.4 Å². The average Bonchev–Trinajstić information content (AvgIpc) is 3.08. The molecule has 1 aromatic carbocycles. The summed E-state index contributed by atoms with van der Waals surface area (Å²) >= 11 is 0. The number of hydrogen-bond acceptors (Lipinski definition) is 4. The second kappa shape index (κ2) is 13.2. The molecule has 1 aromatic heterocycles. The predicted molar refractivity (Wildman–Crippen MR) is 124 cm³/mol. The molecule has 1 heterocycles. The van der Waals surface area contributed by atoms with Gasteiger partial charge in [0.05, 0.1) is 19.4 Å². The molecule has 2 N–H and O–H groups in total. The van der Waals surface area contributed by atoms with Crippen molar-refractivity contribution in [2.45, 2.75) is 26.7 Å². The topological polar surface area (TPSA) is 72.7 Å². The third-order valence-corrected chi connectivity index (χ3v) is 4.00. The van der Waals surface area contributed by atoms with Crippen LogP contribution in [0.4, 0.5) is 0 Å². The summed E-state index contributed by atoms with van der Waals surface area (Å²) in [6, 6.07) is 6.10. The lowest BCUT2D eigenvalue weighted by Gasteiger charge is -2.14. The molecule has 7 nitrogen and oxygen atoms in total. The Hall–Kier alpha value is -1.97. The van der Waals surface area contributed by atoms with Crippen molar-refractivity contribution in [3.05, 3.63) is 41.7 Å². The molecular formula is C20H32IN5O2. The van der Waals surface area contributed by atoms with Crippen LogP contribution in [0.2, 0.25) is 0 Å². The molecule has 28 heavy (non-hydrogen) atoms. The van der Waals surface area contributed by atoms with Crippen molar-refractivity contribution < 1.29 is 9.47 Å². The van der Waals surface area contributed by atoms with E-state index in [9.17, 15) is 0 Å². The third-order valence-electron chi connectivity index (χ3n) is 4.00. The average molecular weight is 501 g/mol. The van der Waals surface area contributed by atoms with E-state index in [-0.39, 0.29) is 24.0 Å². The lowest BCUT2D eigenvalue weighted by atomic mass is 10.1. The normalized spacial score (nSPS) is 10.9. The zero-order valence-corrected chi connectivity index (χ0v) is 19.5. The number of benzene rings is 1. The molecular weight excluding hydrogens is 469 g/mol. The number of aliphatic imine (C=N–C) groups is 1. The Balaban J connectivity index is 0.00000392. The minimum atomic E-state index is 0. The standard InChI is InChI=1S/C20H31N5O2.HI/c1-5-26-18-8-7-16(13-19(18)27-6-2)9-11-22-20(21-3)23-12-10-17-14-24-25(4)15-17;/h7-8,13-15H,5-6,9-12H2,1-4H3,(H2,21,22,23);1H. The largest absolute Gasteiger partial charge is 0.490 e. The number of nitrogens with zero attached hydrogens (tertiary/aromatic N) is 3. The summed E-state index contributed by atoms with van der Waals surface area (Å²) in [5, 5.41) is 10.9. The Morgan fingerprint density at radius 1 is 1.04 bits per heavy atom. The molecule has 0 atom stereocenters. The summed E-state index contributed by atoms with van der Waals surface area (Å²) in [7, 11) is 3.71. The molecule has 0 unspecified atom stereocenters. The van der Waals surface area contributed by atoms with Crippen LogP contribution in [0.5, 0.6) is 11.5 Å². The lowest BCUT2D eigenvalue weighted by Crippen LogP contribution is -2.39. The van der Waals surface area contributed by atoms with Gasteiger partial charge in [-0.25, -0.2) is 0 Å². The Bertz CT molecular complexity index is 733. The maximum absolute atomic E-state index is 5.69. The summed E-state index contributed by atoms with van der Waals surface area (Å²) in [5.41, 5.74) is 2.40. The quantitative estimate of drug-likeness (QED) is 0.298. The first kappa shape index (κ1) is 24.1. The Labute approximate surface area is 184 Å². The second-order valence-electron chi connectivity index (χ2n) is 6.10. The summed E-state index contributed by atoms with van der Waals surface area (Å²) in [6.45, 7) is 6.79. The number of halogens is 1. The molecule has 0 bridgehead atoms. The van der Waals surface area contributed by atoms with Crippen LogP contribution in [0.15, 0.2) is 35.6 Å². The van der Waals surface area contributed by atoms with Gasteiger partial charge in [0.2, 0.25) is 0 Å². The molecule has 0 aliphatic carbocycles. The number of guanidine groups is 1. The van der Waals surface area contributed by atoms with Gasteiger partial charge in [0.25, 0.3) is 0 Å². The zero-order valence-electron chi connectivity index (χ0n) is 17.2. The van der Waals surface area contributed by atoms with E-state index in [4.69, 9.17) is 9.47 Å². The highest BCUT2D eigenvalue weighted by atomic mass is 127. The van der Waals surface area contributed by atoms with Gasteiger partial charge in [-0.15, -0.1) is 24.0 Å². The Morgan fingerprint density at radius 2 is 1.68 bits per heavy atom. The summed E-state index contributed by atoms with van der Waals surface area (Å²) in [4.78, 5) is 4.27. The first-order valence-electron chi connectivity index (χ1n) is 9.46. The fraction of sp³-hybridized carbons (Fsp3) is 0.500. The Morgan fingerprint density at radius 3 is 2.25 bits per heavy atom. The van der Waals surface area contributed by atoms with Crippen molar-refractivity contribution in [1.29, 1.82) is 0 Å². The molecule has 0 aliphatic heterocycles. The molecule has 0 fully saturated rings. The molecule has 0 spiro atoms. The minimum Gasteiger partial charge on any atom is -0.490 e. The molecule has 0 saturated carbocycles. The Kier molecular flexibility index (Phi) is 11.4. The first-order chi connectivity index (χ1) is 13.2. The lowest BCUT2D eigenvalue weighted by molar-refractivity contribution is 0.287. The van der Waals surface area contributed by atoms with E-state index >= 15 is 0 Å². The van der Waals surface area contributed by atoms with Crippen molar-refractivity contribution in [3.63, 3.8) is 0 Å². The van der Waals surface area contributed by atoms with Crippen LogP contribution in [0.25, 0.3) is 0 Å². The van der Waals surface area contributed by atoms with Gasteiger partial charge < -0.3 is 20.1 Å². The first-order valence-corrected chi connectivity index (χ1v) is 9.46. The third kappa shape index (κ3) is 7.95. The molecule has 8 heteroatoms. The van der Waals surface area contributed by atoms with Gasteiger partial charge in [-0.05, 0) is 49.9 Å². The zero-order chi connectivity index (χ0) is 19.5. The van der Waals surface area contributed by atoms with Crippen LogP contribution >= 0.6 is 24.0 Å². The monoisotopic (exact) mass is 501 g/mol. The maximum Gasteiger partial charge on any atom is 0.190 e. The van der Waals surface area contributed by atoms with Gasteiger partial charge in [0.1, 0.15) is 0 Å². The molecule has 0 aliphatic rings. The van der Waals surface area contributed by atoms with Gasteiger partial charge in [-0.1, -0.05) is 6.07 Å². The van der Waals surface area contributed by atoms with Crippen LogP contribution < -0.4 is 20.1 Å². The van der Waals surface area contributed by atoms with E-state index in [2.05, 4.69) is 32.9 Å². The summed E-state index contributed by atoms with van der Waals surface area (Å²) < 4.78 is 13.1. The van der Waals surface area contributed by atoms with E-state index < -0.39 is 0 Å². The molecule has 2 rings (SSSR count). The fourth-order valence-electron chi connectivity index (χ4n) is 2.72. The number of rotatable bonds is 10. The summed E-state index contributed by atoms with van der Waals surface area (Å²) in [6.07, 6.45) is 5.69. The highest BCUT2D eigenvalue weighted by molar-refractivity contribution is 14.0. The van der Waals surface area contributed by atoms with E-state index in [1.165, 1.54) is 11.1 Å². The van der Waals surface area contributed by atoms with E-state index in [0.29, 0.717) is 13.2 Å². The van der Waals surface area contributed by atoms with Crippen LogP contribution in [0.1, 0.15) is 25.0 Å². The van der Waals surface area contributed by atoms with E-state index in [1.54, 1.807) is 7.05 Å². The highest BCUT2D eigenvalue weighted by Gasteiger charge is 2.06. The number of ether oxygens (including phenoxy) is 2. The van der Waals surface area contributed by atoms with Crippen LogP contribution in [0.3, 0.4) is 0 Å². The van der Waals surface area contributed by atoms with Gasteiger partial charge in [-0.2, -0.15) is 5.10 Å². The molecule has 2 aromatic rings. The number of hydrogen-bond donors (Lipinski definition) is 2. The maximum atomic E-state index is 5.69. The van der Waals surface area contributed by atoms with Gasteiger partial charge in [-0.3, -0.25) is 9.67 Å². The number of nitrogens with one attached hydrogen (secondary N) is 2. The molecule has 0 amide bonds. The van der Waals surface area contributed by atoms with E-state index in [1.807, 2.05) is 44.0 Å². The van der Waals surface area contributed by atoms with Crippen LogP contribution in [-0.4, -0.2) is 49.1 Å². The van der Waals surface area contributed by atoms with Gasteiger partial charge in [0, 0.05) is 33.4 Å². The van der Waals surface area contributed by atoms with Crippen molar-refractivity contribution >= 4 is 29.9 Å².